The van der Waals surface area contributed by atoms with Crippen molar-refractivity contribution in [3.63, 3.8) is 0 Å². The number of rotatable bonds is 6. The number of esters is 1. The van der Waals surface area contributed by atoms with Gasteiger partial charge < -0.3 is 14.3 Å². The van der Waals surface area contributed by atoms with Crippen molar-refractivity contribution in [2.45, 2.75) is 56.1 Å². The fraction of sp³-hybridized carbons (Fsp3) is 0.258. The molecule has 3 aromatic carbocycles. The number of thioether (sulfide) groups is 1. The Kier molecular flexibility index (Phi) is 6.44. The molecular weight excluding hydrogens is 468 g/mol. The molecule has 36 heavy (non-hydrogen) atoms. The van der Waals surface area contributed by atoms with Gasteiger partial charge in [0.25, 0.3) is 0 Å². The van der Waals surface area contributed by atoms with Gasteiger partial charge in [0.15, 0.2) is 5.09 Å². The minimum absolute atomic E-state index is 0.0356. The van der Waals surface area contributed by atoms with Gasteiger partial charge in [0, 0.05) is 10.9 Å². The number of aliphatic hydroxyl groups excluding tert-OH is 1. The largest absolute Gasteiger partial charge is 0.511 e. The smallest absolute Gasteiger partial charge is 0.349 e. The van der Waals surface area contributed by atoms with Crippen molar-refractivity contribution in [1.82, 2.24) is 0 Å². The summed E-state index contributed by atoms with van der Waals surface area (Å²) in [6.07, 6.45) is 1.49. The first-order chi connectivity index (χ1) is 17.3. The number of hydrogen-bond acceptors (Lipinski definition) is 5. The van der Waals surface area contributed by atoms with Gasteiger partial charge in [-0.15, -0.1) is 0 Å². The summed E-state index contributed by atoms with van der Waals surface area (Å²) in [5.74, 6) is -0.491. The first-order valence-corrected chi connectivity index (χ1v) is 13.0. The summed E-state index contributed by atoms with van der Waals surface area (Å²) < 4.78 is 12.4. The highest BCUT2D eigenvalue weighted by Crippen LogP contribution is 2.48. The van der Waals surface area contributed by atoms with Gasteiger partial charge in [0.05, 0.1) is 6.42 Å². The number of ether oxygens (including phenoxy) is 1. The molecule has 0 spiro atoms. The summed E-state index contributed by atoms with van der Waals surface area (Å²) in [6, 6.07) is 27.7. The third-order valence-corrected chi connectivity index (χ3v) is 7.74. The molecule has 4 nitrogen and oxygen atoms in total. The number of aliphatic hydroxyl groups is 1. The second-order valence-corrected chi connectivity index (χ2v) is 11.3. The van der Waals surface area contributed by atoms with E-state index in [1.54, 1.807) is 0 Å². The minimum Gasteiger partial charge on any atom is -0.511 e. The molecule has 0 saturated carbocycles. The third-order valence-electron chi connectivity index (χ3n) is 6.66. The fourth-order valence-corrected chi connectivity index (χ4v) is 6.05. The van der Waals surface area contributed by atoms with Gasteiger partial charge >= 0.3 is 5.97 Å². The molecule has 1 unspecified atom stereocenters. The summed E-state index contributed by atoms with van der Waals surface area (Å²) in [7, 11) is 0. The topological polar surface area (TPSA) is 59.7 Å². The molecule has 0 saturated heterocycles. The molecule has 4 aromatic rings. The minimum atomic E-state index is -0.941. The average molecular weight is 499 g/mol. The van der Waals surface area contributed by atoms with Crippen LogP contribution in [0.25, 0.3) is 11.0 Å². The molecule has 1 aromatic heterocycles. The SMILES string of the molecule is CC(C)(C)c1c(SC2=C(O)CC(CCc3ccccc3)(c3ccccc3)OC2=O)oc2ccccc12. The zero-order valence-electron chi connectivity index (χ0n) is 20.8. The quantitative estimate of drug-likeness (QED) is 0.272. The Balaban J connectivity index is 1.51. The van der Waals surface area contributed by atoms with Crippen LogP contribution in [-0.4, -0.2) is 11.1 Å². The maximum atomic E-state index is 13.5. The van der Waals surface area contributed by atoms with Gasteiger partial charge in [-0.2, -0.15) is 0 Å². The standard InChI is InChI=1S/C31H30O4S/c1-30(2,3)26-23-16-10-11-17-25(23)34-29(26)36-27-24(32)20-31(35-28(27)33,22-14-8-5-9-15-22)19-18-21-12-6-4-7-13-21/h4-17,32H,18-20H2,1-3H3. The molecular formula is C31H30O4S. The maximum absolute atomic E-state index is 13.5. The highest BCUT2D eigenvalue weighted by atomic mass is 32.2. The van der Waals surface area contributed by atoms with E-state index >= 15 is 0 Å². The summed E-state index contributed by atoms with van der Waals surface area (Å²) >= 11 is 1.16. The Morgan fingerprint density at radius 1 is 0.917 bits per heavy atom. The van der Waals surface area contributed by atoms with E-state index in [9.17, 15) is 9.90 Å². The van der Waals surface area contributed by atoms with Crippen LogP contribution in [0.1, 0.15) is 50.3 Å². The van der Waals surface area contributed by atoms with Crippen LogP contribution in [0.4, 0.5) is 0 Å². The van der Waals surface area contributed by atoms with Crippen LogP contribution in [0.3, 0.4) is 0 Å². The normalized spacial score (nSPS) is 18.5. The molecule has 1 N–H and O–H groups in total. The lowest BCUT2D eigenvalue weighted by molar-refractivity contribution is -0.160. The lowest BCUT2D eigenvalue weighted by Crippen LogP contribution is -2.38. The van der Waals surface area contributed by atoms with Crippen molar-refractivity contribution in [3.8, 4) is 0 Å². The van der Waals surface area contributed by atoms with Crippen molar-refractivity contribution in [2.75, 3.05) is 0 Å². The van der Waals surface area contributed by atoms with Crippen molar-refractivity contribution in [2.24, 2.45) is 0 Å². The molecule has 0 aliphatic carbocycles. The molecule has 0 fully saturated rings. The number of para-hydroxylation sites is 1. The van der Waals surface area contributed by atoms with Gasteiger partial charge in [-0.25, -0.2) is 4.79 Å². The number of aryl methyl sites for hydroxylation is 1. The number of carbonyl (C=O) groups is 1. The van der Waals surface area contributed by atoms with E-state index in [-0.39, 0.29) is 22.5 Å². The number of benzene rings is 3. The molecule has 0 bridgehead atoms. The molecule has 0 radical (unpaired) electrons. The van der Waals surface area contributed by atoms with E-state index in [4.69, 9.17) is 9.15 Å². The van der Waals surface area contributed by atoms with Crippen LogP contribution in [0.2, 0.25) is 0 Å². The highest BCUT2D eigenvalue weighted by molar-refractivity contribution is 8.04. The average Bonchev–Trinajstić information content (AvgIpc) is 3.25. The second-order valence-electron chi connectivity index (χ2n) is 10.3. The monoisotopic (exact) mass is 498 g/mol. The zero-order valence-corrected chi connectivity index (χ0v) is 21.6. The van der Waals surface area contributed by atoms with E-state index in [2.05, 4.69) is 32.9 Å². The lowest BCUT2D eigenvalue weighted by atomic mass is 9.82. The number of carbonyl (C=O) groups excluding carboxylic acids is 1. The molecule has 5 rings (SSSR count). The van der Waals surface area contributed by atoms with E-state index in [1.807, 2.05) is 72.8 Å². The third kappa shape index (κ3) is 4.68. The number of fused-ring (bicyclic) bond motifs is 1. The van der Waals surface area contributed by atoms with Gasteiger partial charge in [-0.1, -0.05) is 99.6 Å². The first-order valence-electron chi connectivity index (χ1n) is 12.2. The van der Waals surface area contributed by atoms with Crippen molar-refractivity contribution < 1.29 is 19.1 Å². The fourth-order valence-electron chi connectivity index (χ4n) is 4.90. The molecule has 2 heterocycles. The summed E-state index contributed by atoms with van der Waals surface area (Å²) in [4.78, 5) is 13.7. The van der Waals surface area contributed by atoms with E-state index in [1.165, 1.54) is 0 Å². The number of cyclic esters (lactones) is 1. The summed E-state index contributed by atoms with van der Waals surface area (Å²) in [6.45, 7) is 6.35. The van der Waals surface area contributed by atoms with Crippen LogP contribution in [0.15, 0.2) is 105 Å². The molecule has 1 atom stereocenters. The van der Waals surface area contributed by atoms with E-state index < -0.39 is 11.6 Å². The molecule has 1 aliphatic rings. The predicted octanol–water partition coefficient (Wildman–Crippen LogP) is 8.07. The summed E-state index contributed by atoms with van der Waals surface area (Å²) in [5, 5.41) is 12.9. The van der Waals surface area contributed by atoms with Gasteiger partial charge in [0.2, 0.25) is 0 Å². The van der Waals surface area contributed by atoms with Crippen LogP contribution >= 0.6 is 11.8 Å². The van der Waals surface area contributed by atoms with E-state index in [0.717, 1.165) is 45.8 Å². The van der Waals surface area contributed by atoms with Crippen LogP contribution < -0.4 is 0 Å². The first kappa shape index (κ1) is 24.3. The molecule has 0 amide bonds. The highest BCUT2D eigenvalue weighted by Gasteiger charge is 2.44. The van der Waals surface area contributed by atoms with Crippen molar-refractivity contribution >= 4 is 28.7 Å². The predicted molar refractivity (Wildman–Crippen MR) is 144 cm³/mol. The number of hydrogen-bond donors (Lipinski definition) is 1. The van der Waals surface area contributed by atoms with Gasteiger partial charge in [-0.05, 0) is 47.2 Å². The van der Waals surface area contributed by atoms with Crippen molar-refractivity contribution in [1.29, 1.82) is 0 Å². The summed E-state index contributed by atoms with van der Waals surface area (Å²) in [5.41, 5.74) is 2.65. The molecule has 184 valence electrons. The van der Waals surface area contributed by atoms with Crippen LogP contribution in [0, 0.1) is 0 Å². The number of furan rings is 1. The Morgan fingerprint density at radius 2 is 1.56 bits per heavy atom. The van der Waals surface area contributed by atoms with Crippen LogP contribution in [-0.2, 0) is 27.0 Å². The van der Waals surface area contributed by atoms with Gasteiger partial charge in [-0.3, -0.25) is 0 Å². The molecule has 5 heteroatoms. The van der Waals surface area contributed by atoms with E-state index in [0.29, 0.717) is 11.5 Å². The maximum Gasteiger partial charge on any atom is 0.349 e. The van der Waals surface area contributed by atoms with Gasteiger partial charge in [0.1, 0.15) is 21.8 Å². The Morgan fingerprint density at radius 3 is 2.22 bits per heavy atom. The van der Waals surface area contributed by atoms with Crippen molar-refractivity contribution in [3.05, 3.63) is 112 Å². The Hall–Kier alpha value is -3.44. The zero-order chi connectivity index (χ0) is 25.3. The Labute approximate surface area is 216 Å². The van der Waals surface area contributed by atoms with Crippen LogP contribution in [0.5, 0.6) is 0 Å². The Bertz CT molecular complexity index is 1410. The second kappa shape index (κ2) is 9.55. The lowest BCUT2D eigenvalue weighted by Gasteiger charge is -2.37. The molecule has 1 aliphatic heterocycles.